The topological polar surface area (TPSA) is 71.1 Å². The van der Waals surface area contributed by atoms with Crippen molar-refractivity contribution < 1.29 is 0 Å². The highest BCUT2D eigenvalue weighted by atomic mass is 15.2. The molecule has 1 aromatic heterocycles. The molecule has 1 aromatic rings. The molecule has 2 aliphatic carbocycles. The van der Waals surface area contributed by atoms with Crippen molar-refractivity contribution in [2.24, 2.45) is 23.5 Å². The molecule has 0 amide bonds. The molecule has 3 aliphatic rings. The van der Waals surface area contributed by atoms with E-state index in [1.165, 1.54) is 17.8 Å². The predicted molar refractivity (Wildman–Crippen MR) is 120 cm³/mol. The monoisotopic (exact) mass is 378 g/mol. The van der Waals surface area contributed by atoms with Crippen LogP contribution in [0.4, 0.5) is 5.82 Å². The number of fused-ring (bicyclic) bond motifs is 1. The Bertz CT molecular complexity index is 833. The summed E-state index contributed by atoms with van der Waals surface area (Å²) in [5.41, 5.74) is 18.1. The number of piperidine rings is 1. The van der Waals surface area contributed by atoms with Gasteiger partial charge in [0.05, 0.1) is 6.04 Å². The molecular weight excluding hydrogens is 344 g/mol. The Morgan fingerprint density at radius 3 is 2.54 bits per heavy atom. The molecule has 0 spiro atoms. The number of hydrogen-bond donors (Lipinski definition) is 3. The van der Waals surface area contributed by atoms with E-state index in [0.29, 0.717) is 6.04 Å². The number of allylic oxidation sites excluding steroid dienone is 5. The zero-order valence-corrected chi connectivity index (χ0v) is 17.4. The van der Waals surface area contributed by atoms with Crippen LogP contribution < -0.4 is 11.5 Å². The Kier molecular flexibility index (Phi) is 5.99. The summed E-state index contributed by atoms with van der Waals surface area (Å²) in [6.45, 7) is 12.4. The fraction of sp³-hybridized carbons (Fsp3) is 0.417. The van der Waals surface area contributed by atoms with Crippen LogP contribution in [0.3, 0.4) is 0 Å². The number of hydrogen-bond acceptors (Lipinski definition) is 3. The lowest BCUT2D eigenvalue weighted by Crippen LogP contribution is -2.23. The van der Waals surface area contributed by atoms with Gasteiger partial charge in [0, 0.05) is 23.5 Å². The highest BCUT2D eigenvalue weighted by Gasteiger charge is 2.58. The van der Waals surface area contributed by atoms with Crippen molar-refractivity contribution in [3.63, 3.8) is 0 Å². The zero-order valence-electron chi connectivity index (χ0n) is 17.4. The van der Waals surface area contributed by atoms with E-state index < -0.39 is 0 Å². The van der Waals surface area contributed by atoms with Gasteiger partial charge in [-0.1, -0.05) is 44.4 Å². The van der Waals surface area contributed by atoms with Gasteiger partial charge in [0.15, 0.2) is 0 Å². The molecule has 0 aromatic carbocycles. The van der Waals surface area contributed by atoms with Gasteiger partial charge in [0.2, 0.25) is 0 Å². The third kappa shape index (κ3) is 3.88. The minimum Gasteiger partial charge on any atom is -0.398 e. The molecule has 150 valence electrons. The second kappa shape index (κ2) is 8.27. The number of nitrogens with one attached hydrogen (secondary N) is 1. The summed E-state index contributed by atoms with van der Waals surface area (Å²) in [7, 11) is 2.21. The Labute approximate surface area is 169 Å². The number of H-pyrrole nitrogens is 1. The van der Waals surface area contributed by atoms with Gasteiger partial charge in [-0.3, -0.25) is 4.90 Å². The van der Waals surface area contributed by atoms with E-state index in [1.54, 1.807) is 12.2 Å². The second-order valence-corrected chi connectivity index (χ2v) is 8.23. The number of nitrogens with zero attached hydrogens (tertiary/aromatic N) is 1. The van der Waals surface area contributed by atoms with Crippen LogP contribution in [0, 0.1) is 17.8 Å². The van der Waals surface area contributed by atoms with Crippen LogP contribution >= 0.6 is 0 Å². The van der Waals surface area contributed by atoms with Crippen LogP contribution in [0.25, 0.3) is 6.08 Å². The minimum atomic E-state index is 0.464. The molecular formula is C24H34N4. The Balaban J connectivity index is 0.000000516. The summed E-state index contributed by atoms with van der Waals surface area (Å²) >= 11 is 0. The van der Waals surface area contributed by atoms with E-state index in [2.05, 4.69) is 62.2 Å². The maximum atomic E-state index is 6.36. The quantitative estimate of drug-likeness (QED) is 0.660. The molecule has 2 heterocycles. The van der Waals surface area contributed by atoms with E-state index in [9.17, 15) is 0 Å². The molecule has 2 fully saturated rings. The Morgan fingerprint density at radius 1 is 1.25 bits per heavy atom. The zero-order chi connectivity index (χ0) is 20.4. The summed E-state index contributed by atoms with van der Waals surface area (Å²) in [4.78, 5) is 5.87. The molecule has 4 unspecified atom stereocenters. The van der Waals surface area contributed by atoms with Gasteiger partial charge in [-0.05, 0) is 67.9 Å². The van der Waals surface area contributed by atoms with Gasteiger partial charge in [-0.15, -0.1) is 0 Å². The maximum Gasteiger partial charge on any atom is 0.108 e. The molecule has 0 bridgehead atoms. The first kappa shape index (κ1) is 20.3. The maximum absolute atomic E-state index is 6.36. The van der Waals surface area contributed by atoms with Crippen molar-refractivity contribution in [2.75, 3.05) is 19.3 Å². The molecule has 4 heteroatoms. The van der Waals surface area contributed by atoms with Gasteiger partial charge in [0.25, 0.3) is 0 Å². The van der Waals surface area contributed by atoms with Crippen LogP contribution in [0.2, 0.25) is 0 Å². The highest BCUT2D eigenvalue weighted by molar-refractivity contribution is 5.69. The molecule has 28 heavy (non-hydrogen) atoms. The third-order valence-corrected chi connectivity index (χ3v) is 6.37. The Hall–Kier alpha value is -2.46. The molecule has 4 atom stereocenters. The average Bonchev–Trinajstić information content (AvgIpc) is 2.99. The predicted octanol–water partition coefficient (Wildman–Crippen LogP) is 4.79. The van der Waals surface area contributed by atoms with Crippen molar-refractivity contribution in [1.29, 1.82) is 0 Å². The van der Waals surface area contributed by atoms with Gasteiger partial charge in [0.1, 0.15) is 5.82 Å². The molecule has 4 nitrogen and oxygen atoms in total. The summed E-state index contributed by atoms with van der Waals surface area (Å²) < 4.78 is 0. The van der Waals surface area contributed by atoms with Crippen molar-refractivity contribution in [1.82, 2.24) is 9.88 Å². The van der Waals surface area contributed by atoms with Crippen molar-refractivity contribution in [2.45, 2.75) is 32.7 Å². The molecule has 4 rings (SSSR count). The van der Waals surface area contributed by atoms with Crippen molar-refractivity contribution in [3.05, 3.63) is 71.6 Å². The lowest BCUT2D eigenvalue weighted by atomic mass is 9.96. The smallest absolute Gasteiger partial charge is 0.108 e. The molecule has 1 saturated carbocycles. The first-order valence-electron chi connectivity index (χ1n) is 10.2. The first-order chi connectivity index (χ1) is 13.4. The van der Waals surface area contributed by atoms with Crippen LogP contribution in [0.5, 0.6) is 0 Å². The molecule has 1 saturated heterocycles. The van der Waals surface area contributed by atoms with Crippen molar-refractivity contribution >= 4 is 11.9 Å². The fourth-order valence-electron chi connectivity index (χ4n) is 4.75. The number of anilines is 1. The molecule has 0 radical (unpaired) electrons. The standard InChI is InChI=1S/C20H28N4.C4H6/c1-11-6-4-5-7-14(11)16(21)8-13-9-17(23-20(13)22)19-18-12(2)15(18)10-24(19)3;1-3-4-2/h6-9,12,15,18-19,23H,4-5,10,21-22H2,1-3H3;3-4H,1-2H2/b16-8-;. The molecule has 5 N–H and O–H groups in total. The minimum absolute atomic E-state index is 0.464. The number of nitrogens with two attached hydrogens (primary N) is 2. The largest absolute Gasteiger partial charge is 0.398 e. The van der Waals surface area contributed by atoms with Crippen LogP contribution in [-0.4, -0.2) is 23.5 Å². The van der Waals surface area contributed by atoms with E-state index in [1.807, 2.05) is 6.08 Å². The van der Waals surface area contributed by atoms with Gasteiger partial charge in [-0.2, -0.15) is 0 Å². The highest BCUT2D eigenvalue weighted by Crippen LogP contribution is 2.60. The van der Waals surface area contributed by atoms with Gasteiger partial charge < -0.3 is 16.5 Å². The average molecular weight is 379 g/mol. The summed E-state index contributed by atoms with van der Waals surface area (Å²) in [5, 5.41) is 0. The number of likely N-dealkylation sites (tertiary alicyclic amines) is 1. The summed E-state index contributed by atoms with van der Waals surface area (Å²) in [6, 6.07) is 2.66. The number of aromatic amines is 1. The normalized spacial score (nSPS) is 29.2. The third-order valence-electron chi connectivity index (χ3n) is 6.37. The Morgan fingerprint density at radius 2 is 1.93 bits per heavy atom. The van der Waals surface area contributed by atoms with Crippen LogP contribution in [0.1, 0.15) is 44.0 Å². The second-order valence-electron chi connectivity index (χ2n) is 8.23. The van der Waals surface area contributed by atoms with E-state index in [4.69, 9.17) is 11.5 Å². The fourth-order valence-corrected chi connectivity index (χ4v) is 4.75. The van der Waals surface area contributed by atoms with Crippen molar-refractivity contribution in [3.8, 4) is 0 Å². The van der Waals surface area contributed by atoms with Gasteiger partial charge in [-0.25, -0.2) is 0 Å². The van der Waals surface area contributed by atoms with E-state index in [-0.39, 0.29) is 0 Å². The summed E-state index contributed by atoms with van der Waals surface area (Å²) in [5.74, 6) is 3.18. The summed E-state index contributed by atoms with van der Waals surface area (Å²) in [6.07, 6.45) is 11.9. The van der Waals surface area contributed by atoms with Crippen LogP contribution in [0.15, 0.2) is 60.4 Å². The van der Waals surface area contributed by atoms with E-state index in [0.717, 1.165) is 53.2 Å². The first-order valence-corrected chi connectivity index (χ1v) is 10.2. The SMILES string of the molecule is C=CC=C.CC1=CCCC=C1/C(N)=C/c1cc(C2C3C(C)C3CN2C)[nH]c1N. The lowest BCUT2D eigenvalue weighted by Gasteiger charge is -2.23. The number of rotatable bonds is 4. The molecule has 1 aliphatic heterocycles. The van der Waals surface area contributed by atoms with Crippen LogP contribution in [-0.2, 0) is 0 Å². The lowest BCUT2D eigenvalue weighted by molar-refractivity contribution is 0.252. The number of aromatic nitrogens is 1. The van der Waals surface area contributed by atoms with Gasteiger partial charge >= 0.3 is 0 Å². The number of nitrogen functional groups attached to an aromatic ring is 1. The van der Waals surface area contributed by atoms with E-state index >= 15 is 0 Å².